The molecule has 1 aromatic heterocycles. The van der Waals surface area contributed by atoms with Crippen LogP contribution in [-0.2, 0) is 4.74 Å². The number of anilines is 1. The minimum atomic E-state index is -0.514. The average Bonchev–Trinajstić information content (AvgIpc) is 3.34. The molecule has 0 aliphatic carbocycles. The predicted octanol–water partition coefficient (Wildman–Crippen LogP) is 4.95. The van der Waals surface area contributed by atoms with Crippen molar-refractivity contribution >= 4 is 44.1 Å². The van der Waals surface area contributed by atoms with E-state index in [0.717, 1.165) is 10.0 Å². The summed E-state index contributed by atoms with van der Waals surface area (Å²) >= 11 is 4.67. The largest absolute Gasteiger partial charge is 0.465 e. The fourth-order valence-electron chi connectivity index (χ4n) is 2.81. The Morgan fingerprint density at radius 1 is 1.11 bits per heavy atom. The third kappa shape index (κ3) is 3.48. The second kappa shape index (κ2) is 7.65. The summed E-state index contributed by atoms with van der Waals surface area (Å²) in [5.41, 5.74) is 2.27. The van der Waals surface area contributed by atoms with Crippen LogP contribution in [0.15, 0.2) is 52.3 Å². The lowest BCUT2D eigenvalue weighted by molar-refractivity contribution is 0.0603. The van der Waals surface area contributed by atoms with Gasteiger partial charge in [-0.2, -0.15) is 0 Å². The van der Waals surface area contributed by atoms with Crippen molar-refractivity contribution in [2.75, 3.05) is 19.2 Å². The maximum atomic E-state index is 12.7. The average molecular weight is 460 g/mol. The van der Waals surface area contributed by atoms with Crippen molar-refractivity contribution < 1.29 is 23.8 Å². The maximum absolute atomic E-state index is 12.7. The monoisotopic (exact) mass is 459 g/mol. The second-order valence-electron chi connectivity index (χ2n) is 5.87. The predicted molar refractivity (Wildman–Crippen MR) is 109 cm³/mol. The van der Waals surface area contributed by atoms with E-state index in [1.807, 2.05) is 29.6 Å². The molecule has 0 fully saturated rings. The third-order valence-corrected chi connectivity index (χ3v) is 5.62. The van der Waals surface area contributed by atoms with E-state index in [4.69, 9.17) is 14.2 Å². The minimum absolute atomic E-state index is 0.133. The van der Waals surface area contributed by atoms with Gasteiger partial charge in [0.1, 0.15) is 10.6 Å². The molecule has 0 spiro atoms. The van der Waals surface area contributed by atoms with Crippen LogP contribution in [0.1, 0.15) is 20.7 Å². The lowest BCUT2D eigenvalue weighted by Crippen LogP contribution is -2.14. The Balaban J connectivity index is 1.66. The van der Waals surface area contributed by atoms with Crippen LogP contribution >= 0.6 is 27.3 Å². The first-order chi connectivity index (χ1) is 13.6. The van der Waals surface area contributed by atoms with E-state index in [2.05, 4.69) is 21.2 Å². The normalized spacial score (nSPS) is 11.9. The number of nitrogens with one attached hydrogen (secondary N) is 1. The van der Waals surface area contributed by atoms with Gasteiger partial charge in [0.25, 0.3) is 5.91 Å². The van der Waals surface area contributed by atoms with E-state index in [-0.39, 0.29) is 12.7 Å². The molecular weight excluding hydrogens is 446 g/mol. The summed E-state index contributed by atoms with van der Waals surface area (Å²) in [5.74, 6) is 0.246. The van der Waals surface area contributed by atoms with Crippen molar-refractivity contribution in [1.29, 1.82) is 0 Å². The van der Waals surface area contributed by atoms with Crippen molar-refractivity contribution in [2.24, 2.45) is 0 Å². The van der Waals surface area contributed by atoms with Crippen LogP contribution in [-0.4, -0.2) is 25.8 Å². The highest BCUT2D eigenvalue weighted by molar-refractivity contribution is 9.10. The van der Waals surface area contributed by atoms with E-state index in [9.17, 15) is 9.59 Å². The van der Waals surface area contributed by atoms with E-state index < -0.39 is 5.97 Å². The molecule has 1 N–H and O–H groups in total. The molecule has 2 heterocycles. The van der Waals surface area contributed by atoms with Gasteiger partial charge in [-0.05, 0) is 35.9 Å². The molecule has 8 heteroatoms. The standard InChI is InChI=1S/C20H14BrNO5S/c1-25-20(24)17-14(11-2-5-13(21)6-3-11)9-28-19(17)22-18(23)12-4-7-15-16(8-12)27-10-26-15/h2-9H,10H2,1H3,(H,22,23). The first kappa shape index (κ1) is 18.5. The number of ether oxygens (including phenoxy) is 3. The van der Waals surface area contributed by atoms with Crippen molar-refractivity contribution in [1.82, 2.24) is 0 Å². The van der Waals surface area contributed by atoms with E-state index >= 15 is 0 Å². The van der Waals surface area contributed by atoms with Crippen molar-refractivity contribution in [3.8, 4) is 22.6 Å². The number of halogens is 1. The number of esters is 1. The quantitative estimate of drug-likeness (QED) is 0.558. The third-order valence-electron chi connectivity index (χ3n) is 4.20. The highest BCUT2D eigenvalue weighted by Gasteiger charge is 2.23. The molecule has 1 amide bonds. The molecular formula is C20H14BrNO5S. The molecule has 0 radical (unpaired) electrons. The first-order valence-electron chi connectivity index (χ1n) is 8.23. The highest BCUT2D eigenvalue weighted by Crippen LogP contribution is 2.37. The molecule has 4 rings (SSSR count). The fraction of sp³-hybridized carbons (Fsp3) is 0.100. The van der Waals surface area contributed by atoms with Crippen LogP contribution in [0.5, 0.6) is 11.5 Å². The second-order valence-corrected chi connectivity index (χ2v) is 7.67. The van der Waals surface area contributed by atoms with Gasteiger partial charge in [0, 0.05) is 21.0 Å². The highest BCUT2D eigenvalue weighted by atomic mass is 79.9. The molecule has 1 aliphatic rings. The molecule has 0 atom stereocenters. The Kier molecular flexibility index (Phi) is 5.06. The van der Waals surface area contributed by atoms with Gasteiger partial charge in [-0.25, -0.2) is 4.79 Å². The van der Waals surface area contributed by atoms with Crippen LogP contribution in [0.25, 0.3) is 11.1 Å². The number of benzene rings is 2. The number of hydrogen-bond acceptors (Lipinski definition) is 6. The Morgan fingerprint density at radius 2 is 1.86 bits per heavy atom. The van der Waals surface area contributed by atoms with Crippen LogP contribution in [0.2, 0.25) is 0 Å². The number of thiophene rings is 1. The van der Waals surface area contributed by atoms with Crippen molar-refractivity contribution in [3.05, 3.63) is 63.4 Å². The Labute approximate surface area is 173 Å². The Hall–Kier alpha value is -2.84. The lowest BCUT2D eigenvalue weighted by Gasteiger charge is -2.08. The molecule has 28 heavy (non-hydrogen) atoms. The van der Waals surface area contributed by atoms with Crippen molar-refractivity contribution in [2.45, 2.75) is 0 Å². The lowest BCUT2D eigenvalue weighted by atomic mass is 10.0. The van der Waals surface area contributed by atoms with E-state index in [0.29, 0.717) is 33.2 Å². The fourth-order valence-corrected chi connectivity index (χ4v) is 4.03. The van der Waals surface area contributed by atoms with Gasteiger partial charge >= 0.3 is 5.97 Å². The van der Waals surface area contributed by atoms with Gasteiger partial charge in [-0.15, -0.1) is 11.3 Å². The zero-order valence-corrected chi connectivity index (χ0v) is 17.1. The maximum Gasteiger partial charge on any atom is 0.341 e. The van der Waals surface area contributed by atoms with Crippen LogP contribution < -0.4 is 14.8 Å². The summed E-state index contributed by atoms with van der Waals surface area (Å²) < 4.78 is 16.4. The van der Waals surface area contributed by atoms with Crippen molar-refractivity contribution in [3.63, 3.8) is 0 Å². The number of amides is 1. The molecule has 142 valence electrons. The summed E-state index contributed by atoms with van der Waals surface area (Å²) in [6, 6.07) is 12.5. The SMILES string of the molecule is COC(=O)c1c(-c2ccc(Br)cc2)csc1NC(=O)c1ccc2c(c1)OCO2. The summed E-state index contributed by atoms with van der Waals surface area (Å²) in [6.07, 6.45) is 0. The Bertz CT molecular complexity index is 1060. The smallest absolute Gasteiger partial charge is 0.341 e. The van der Waals surface area contributed by atoms with E-state index in [1.165, 1.54) is 18.4 Å². The molecule has 0 unspecified atom stereocenters. The number of carbonyl (C=O) groups excluding carboxylic acids is 2. The minimum Gasteiger partial charge on any atom is -0.465 e. The molecule has 6 nitrogen and oxygen atoms in total. The Morgan fingerprint density at radius 3 is 2.61 bits per heavy atom. The topological polar surface area (TPSA) is 73.9 Å². The molecule has 1 aliphatic heterocycles. The molecule has 3 aromatic rings. The van der Waals surface area contributed by atoms with Gasteiger partial charge in [0.05, 0.1) is 7.11 Å². The number of hydrogen-bond donors (Lipinski definition) is 1. The van der Waals surface area contributed by atoms with Crippen LogP contribution in [0.3, 0.4) is 0 Å². The summed E-state index contributed by atoms with van der Waals surface area (Å²) in [7, 11) is 1.31. The summed E-state index contributed by atoms with van der Waals surface area (Å²) in [5, 5.41) is 5.06. The number of methoxy groups -OCH3 is 1. The summed E-state index contributed by atoms with van der Waals surface area (Å²) in [6.45, 7) is 0.133. The molecule has 2 aromatic carbocycles. The van der Waals surface area contributed by atoms with Gasteiger partial charge in [0.2, 0.25) is 6.79 Å². The number of fused-ring (bicyclic) bond motifs is 1. The molecule has 0 saturated carbocycles. The molecule has 0 bridgehead atoms. The van der Waals surface area contributed by atoms with Gasteiger partial charge in [0.15, 0.2) is 11.5 Å². The first-order valence-corrected chi connectivity index (χ1v) is 9.91. The van der Waals surface area contributed by atoms with Crippen LogP contribution in [0.4, 0.5) is 5.00 Å². The zero-order chi connectivity index (χ0) is 19.7. The van der Waals surface area contributed by atoms with E-state index in [1.54, 1.807) is 18.2 Å². The van der Waals surface area contributed by atoms with Gasteiger partial charge in [-0.1, -0.05) is 28.1 Å². The number of rotatable bonds is 4. The summed E-state index contributed by atoms with van der Waals surface area (Å²) in [4.78, 5) is 25.1. The van der Waals surface area contributed by atoms with Gasteiger partial charge < -0.3 is 19.5 Å². The number of carbonyl (C=O) groups is 2. The van der Waals surface area contributed by atoms with Crippen LogP contribution in [0, 0.1) is 0 Å². The molecule has 0 saturated heterocycles. The zero-order valence-electron chi connectivity index (χ0n) is 14.7. The van der Waals surface area contributed by atoms with Gasteiger partial charge in [-0.3, -0.25) is 4.79 Å².